The van der Waals surface area contributed by atoms with Crippen LogP contribution in [0.15, 0.2) is 0 Å². The van der Waals surface area contributed by atoms with E-state index in [-0.39, 0.29) is 0 Å². The highest BCUT2D eigenvalue weighted by Gasteiger charge is 2.23. The Morgan fingerprint density at radius 2 is 2.20 bits per heavy atom. The van der Waals surface area contributed by atoms with Gasteiger partial charge in [0.05, 0.1) is 6.61 Å². The lowest BCUT2D eigenvalue weighted by Gasteiger charge is -2.32. The second-order valence-electron chi connectivity index (χ2n) is 5.23. The molecule has 2 unspecified atom stereocenters. The number of ether oxygens (including phenoxy) is 1. The summed E-state index contributed by atoms with van der Waals surface area (Å²) in [4.78, 5) is 2.39. The Labute approximate surface area is 94.0 Å². The zero-order valence-corrected chi connectivity index (χ0v) is 10.4. The average Bonchev–Trinajstić information content (AvgIpc) is 2.18. The molecule has 0 aromatic heterocycles. The number of rotatable bonds is 5. The van der Waals surface area contributed by atoms with E-state index in [1.54, 1.807) is 0 Å². The van der Waals surface area contributed by atoms with Gasteiger partial charge in [0.15, 0.2) is 0 Å². The van der Waals surface area contributed by atoms with E-state index in [2.05, 4.69) is 25.8 Å². The van der Waals surface area contributed by atoms with Crippen LogP contribution in [0.5, 0.6) is 0 Å². The fraction of sp³-hybridized carbons (Fsp3) is 1.00. The van der Waals surface area contributed by atoms with Crippen LogP contribution in [0.2, 0.25) is 0 Å². The van der Waals surface area contributed by atoms with Crippen molar-refractivity contribution < 1.29 is 4.74 Å². The summed E-state index contributed by atoms with van der Waals surface area (Å²) in [7, 11) is 2.18. The molecule has 3 nitrogen and oxygen atoms in total. The molecule has 1 saturated heterocycles. The fourth-order valence-electron chi connectivity index (χ4n) is 1.97. The molecule has 2 atom stereocenters. The first kappa shape index (κ1) is 12.9. The van der Waals surface area contributed by atoms with Gasteiger partial charge in [0.25, 0.3) is 0 Å². The molecule has 0 aliphatic carbocycles. The SMILES string of the molecule is CC(C)CCN(C)CC1COCCC1N. The topological polar surface area (TPSA) is 38.5 Å². The highest BCUT2D eigenvalue weighted by molar-refractivity contribution is 4.78. The second-order valence-corrected chi connectivity index (χ2v) is 5.23. The maximum absolute atomic E-state index is 6.08. The van der Waals surface area contributed by atoms with Gasteiger partial charge in [-0.1, -0.05) is 13.8 Å². The van der Waals surface area contributed by atoms with E-state index in [0.717, 1.165) is 32.1 Å². The molecule has 1 aliphatic rings. The Balaban J connectivity index is 2.20. The third-order valence-corrected chi connectivity index (χ3v) is 3.17. The first-order valence-electron chi connectivity index (χ1n) is 6.11. The van der Waals surface area contributed by atoms with E-state index >= 15 is 0 Å². The molecular formula is C12H26N2O. The Kier molecular flexibility index (Phi) is 5.58. The maximum atomic E-state index is 6.08. The summed E-state index contributed by atoms with van der Waals surface area (Å²) in [6.07, 6.45) is 2.28. The van der Waals surface area contributed by atoms with Crippen LogP contribution in [0, 0.1) is 11.8 Å². The van der Waals surface area contributed by atoms with Crippen LogP contribution in [0.1, 0.15) is 26.7 Å². The summed E-state index contributed by atoms with van der Waals surface area (Å²) >= 11 is 0. The molecule has 0 bridgehead atoms. The van der Waals surface area contributed by atoms with Crippen molar-refractivity contribution in [2.45, 2.75) is 32.7 Å². The molecule has 0 spiro atoms. The maximum Gasteiger partial charge on any atom is 0.0521 e. The summed E-state index contributed by atoms with van der Waals surface area (Å²) in [6, 6.07) is 0.334. The Hall–Kier alpha value is -0.120. The second kappa shape index (κ2) is 6.46. The van der Waals surface area contributed by atoms with Crippen molar-refractivity contribution in [3.05, 3.63) is 0 Å². The van der Waals surface area contributed by atoms with Crippen molar-refractivity contribution in [1.82, 2.24) is 4.90 Å². The van der Waals surface area contributed by atoms with Crippen molar-refractivity contribution in [1.29, 1.82) is 0 Å². The number of hydrogen-bond acceptors (Lipinski definition) is 3. The third-order valence-electron chi connectivity index (χ3n) is 3.17. The van der Waals surface area contributed by atoms with E-state index in [9.17, 15) is 0 Å². The Morgan fingerprint density at radius 1 is 1.47 bits per heavy atom. The van der Waals surface area contributed by atoms with Gasteiger partial charge in [-0.15, -0.1) is 0 Å². The summed E-state index contributed by atoms with van der Waals surface area (Å²) < 4.78 is 5.47. The predicted octanol–water partition coefficient (Wildman–Crippen LogP) is 1.33. The third kappa shape index (κ3) is 4.96. The molecule has 1 rings (SSSR count). The van der Waals surface area contributed by atoms with E-state index in [1.165, 1.54) is 13.0 Å². The highest BCUT2D eigenvalue weighted by Crippen LogP contribution is 2.14. The van der Waals surface area contributed by atoms with Gasteiger partial charge in [0.2, 0.25) is 0 Å². The lowest BCUT2D eigenvalue weighted by Crippen LogP contribution is -2.44. The van der Waals surface area contributed by atoms with E-state index in [4.69, 9.17) is 10.5 Å². The first-order valence-corrected chi connectivity index (χ1v) is 6.11. The van der Waals surface area contributed by atoms with Gasteiger partial charge in [-0.2, -0.15) is 0 Å². The van der Waals surface area contributed by atoms with Crippen LogP contribution < -0.4 is 5.73 Å². The molecule has 3 heteroatoms. The Morgan fingerprint density at radius 3 is 2.80 bits per heavy atom. The molecule has 1 heterocycles. The highest BCUT2D eigenvalue weighted by atomic mass is 16.5. The predicted molar refractivity (Wildman–Crippen MR) is 63.9 cm³/mol. The molecule has 0 amide bonds. The average molecular weight is 214 g/mol. The number of nitrogens with zero attached hydrogens (tertiary/aromatic N) is 1. The van der Waals surface area contributed by atoms with Gasteiger partial charge >= 0.3 is 0 Å². The van der Waals surface area contributed by atoms with Crippen LogP contribution in [0.3, 0.4) is 0 Å². The number of hydrogen-bond donors (Lipinski definition) is 1. The van der Waals surface area contributed by atoms with Crippen molar-refractivity contribution in [3.63, 3.8) is 0 Å². The van der Waals surface area contributed by atoms with E-state index in [1.807, 2.05) is 0 Å². The van der Waals surface area contributed by atoms with Crippen LogP contribution in [-0.2, 0) is 4.74 Å². The van der Waals surface area contributed by atoms with Crippen LogP contribution in [-0.4, -0.2) is 44.3 Å². The van der Waals surface area contributed by atoms with E-state index in [0.29, 0.717) is 12.0 Å². The molecule has 1 aliphatic heterocycles. The van der Waals surface area contributed by atoms with Gasteiger partial charge in [-0.05, 0) is 32.4 Å². The smallest absolute Gasteiger partial charge is 0.0521 e. The summed E-state index contributed by atoms with van der Waals surface area (Å²) in [5.74, 6) is 1.31. The minimum atomic E-state index is 0.334. The molecule has 1 fully saturated rings. The van der Waals surface area contributed by atoms with Gasteiger partial charge in [-0.25, -0.2) is 0 Å². The van der Waals surface area contributed by atoms with Gasteiger partial charge < -0.3 is 15.4 Å². The normalized spacial score (nSPS) is 27.6. The minimum absolute atomic E-state index is 0.334. The lowest BCUT2D eigenvalue weighted by molar-refractivity contribution is 0.0290. The van der Waals surface area contributed by atoms with Crippen LogP contribution in [0.4, 0.5) is 0 Å². The largest absolute Gasteiger partial charge is 0.381 e. The molecule has 0 radical (unpaired) electrons. The van der Waals surface area contributed by atoms with Gasteiger partial charge in [0.1, 0.15) is 0 Å². The lowest BCUT2D eigenvalue weighted by atomic mass is 9.96. The van der Waals surface area contributed by atoms with Crippen molar-refractivity contribution in [2.24, 2.45) is 17.6 Å². The van der Waals surface area contributed by atoms with Crippen LogP contribution >= 0.6 is 0 Å². The van der Waals surface area contributed by atoms with Crippen molar-refractivity contribution in [3.8, 4) is 0 Å². The van der Waals surface area contributed by atoms with Gasteiger partial charge in [-0.3, -0.25) is 0 Å². The van der Waals surface area contributed by atoms with Crippen molar-refractivity contribution >= 4 is 0 Å². The monoisotopic (exact) mass is 214 g/mol. The van der Waals surface area contributed by atoms with Crippen molar-refractivity contribution in [2.75, 3.05) is 33.4 Å². The molecule has 90 valence electrons. The number of nitrogens with two attached hydrogens (primary N) is 1. The molecular weight excluding hydrogens is 188 g/mol. The van der Waals surface area contributed by atoms with Gasteiger partial charge in [0, 0.05) is 25.1 Å². The summed E-state index contributed by atoms with van der Waals surface area (Å²) in [6.45, 7) is 8.46. The quantitative estimate of drug-likeness (QED) is 0.750. The summed E-state index contributed by atoms with van der Waals surface area (Å²) in [5, 5.41) is 0. The minimum Gasteiger partial charge on any atom is -0.381 e. The summed E-state index contributed by atoms with van der Waals surface area (Å²) in [5.41, 5.74) is 6.08. The fourth-order valence-corrected chi connectivity index (χ4v) is 1.97. The first-order chi connectivity index (χ1) is 7.09. The molecule has 15 heavy (non-hydrogen) atoms. The molecule has 0 aromatic carbocycles. The standard InChI is InChI=1S/C12H26N2O/c1-10(2)4-6-14(3)8-11-9-15-7-5-12(11)13/h10-12H,4-9,13H2,1-3H3. The zero-order valence-electron chi connectivity index (χ0n) is 10.4. The molecule has 0 aromatic rings. The molecule has 2 N–H and O–H groups in total. The van der Waals surface area contributed by atoms with Crippen LogP contribution in [0.25, 0.3) is 0 Å². The van der Waals surface area contributed by atoms with E-state index < -0.39 is 0 Å². The Bertz CT molecular complexity index is 173. The zero-order chi connectivity index (χ0) is 11.3. The molecule has 0 saturated carbocycles.